The predicted octanol–water partition coefficient (Wildman–Crippen LogP) is 4.01. The molecule has 2 N–H and O–H groups in total. The molecule has 2 aromatic carbocycles. The predicted molar refractivity (Wildman–Crippen MR) is 103 cm³/mol. The minimum absolute atomic E-state index is 0.0593. The van der Waals surface area contributed by atoms with E-state index < -0.39 is 0 Å². The maximum atomic E-state index is 5.52. The average Bonchev–Trinajstić information content (AvgIpc) is 2.63. The molecule has 1 heterocycles. The molecule has 0 radical (unpaired) electrons. The Morgan fingerprint density at radius 3 is 2.75 bits per heavy atom. The highest BCUT2D eigenvalue weighted by molar-refractivity contribution is 7.80. The van der Waals surface area contributed by atoms with E-state index in [4.69, 9.17) is 17.4 Å². The van der Waals surface area contributed by atoms with E-state index in [-0.39, 0.29) is 5.37 Å². The number of hydrogen-bond acceptors (Lipinski definition) is 4. The number of methoxy groups -OCH3 is 1. The van der Waals surface area contributed by atoms with Crippen molar-refractivity contribution in [3.05, 3.63) is 65.2 Å². The molecule has 1 aliphatic rings. The molecule has 0 saturated carbocycles. The summed E-state index contributed by atoms with van der Waals surface area (Å²) in [6.07, 6.45) is 2.31. The lowest BCUT2D eigenvalue weighted by Crippen LogP contribution is -2.46. The smallest absolute Gasteiger partial charge is 0.124 e. The number of hydrogen-bond donors (Lipinski definition) is 3. The van der Waals surface area contributed by atoms with E-state index in [2.05, 4.69) is 60.0 Å². The van der Waals surface area contributed by atoms with E-state index in [1.54, 1.807) is 7.11 Å². The number of piperidine rings is 1. The van der Waals surface area contributed by atoms with Gasteiger partial charge in [0, 0.05) is 17.6 Å². The highest BCUT2D eigenvalue weighted by atomic mass is 32.1. The molecule has 1 saturated heterocycles. The summed E-state index contributed by atoms with van der Waals surface area (Å²) in [5, 5.41) is 7.30. The first kappa shape index (κ1) is 17.3. The zero-order valence-corrected chi connectivity index (χ0v) is 15.2. The van der Waals surface area contributed by atoms with Gasteiger partial charge in [-0.05, 0) is 44.0 Å². The van der Waals surface area contributed by atoms with Crippen molar-refractivity contribution < 1.29 is 4.74 Å². The molecule has 0 spiro atoms. The lowest BCUT2D eigenvalue weighted by atomic mass is 9.92. The van der Waals surface area contributed by atoms with E-state index in [1.807, 2.05) is 6.07 Å². The summed E-state index contributed by atoms with van der Waals surface area (Å²) in [6.45, 7) is 3.15. The van der Waals surface area contributed by atoms with Crippen LogP contribution >= 0.6 is 12.6 Å². The number of aryl methyl sites for hydroxylation is 1. The molecule has 4 heteroatoms. The molecule has 1 fully saturated rings. The minimum atomic E-state index is -0.0593. The number of rotatable bonds is 5. The highest BCUT2D eigenvalue weighted by Gasteiger charge is 2.28. The summed E-state index contributed by atoms with van der Waals surface area (Å²) in [5.41, 5.74) is 3.64. The molecule has 1 unspecified atom stereocenters. The van der Waals surface area contributed by atoms with Gasteiger partial charge in [-0.25, -0.2) is 0 Å². The molecular formula is C20H26N2OS. The minimum Gasteiger partial charge on any atom is -0.496 e. The first-order valence-corrected chi connectivity index (χ1v) is 9.07. The Morgan fingerprint density at radius 1 is 1.21 bits per heavy atom. The summed E-state index contributed by atoms with van der Waals surface area (Å²) < 4.78 is 5.52. The molecule has 128 valence electrons. The van der Waals surface area contributed by atoms with Crippen LogP contribution in [0.15, 0.2) is 48.5 Å². The molecule has 0 aromatic heterocycles. The molecule has 3 nitrogen and oxygen atoms in total. The van der Waals surface area contributed by atoms with Gasteiger partial charge < -0.3 is 10.1 Å². The van der Waals surface area contributed by atoms with Gasteiger partial charge in [-0.3, -0.25) is 5.32 Å². The van der Waals surface area contributed by atoms with Gasteiger partial charge in [0.15, 0.2) is 0 Å². The topological polar surface area (TPSA) is 33.3 Å². The number of thiol groups is 1. The van der Waals surface area contributed by atoms with Crippen LogP contribution < -0.4 is 15.4 Å². The average molecular weight is 343 g/mol. The number of ether oxygens (including phenoxy) is 1. The van der Waals surface area contributed by atoms with Crippen molar-refractivity contribution in [3.63, 3.8) is 0 Å². The molecule has 0 bridgehead atoms. The molecule has 0 amide bonds. The Balaban J connectivity index is 1.79. The van der Waals surface area contributed by atoms with Crippen molar-refractivity contribution in [3.8, 4) is 5.75 Å². The fraction of sp³-hybridized carbons (Fsp3) is 0.400. The molecule has 2 aromatic rings. The van der Waals surface area contributed by atoms with Crippen molar-refractivity contribution in [2.45, 2.75) is 37.2 Å². The van der Waals surface area contributed by atoms with Gasteiger partial charge in [0.25, 0.3) is 0 Å². The van der Waals surface area contributed by atoms with Crippen molar-refractivity contribution >= 4 is 12.6 Å². The third-order valence-electron chi connectivity index (χ3n) is 4.67. The molecule has 3 atom stereocenters. The standard InChI is InChI=1S/C20H26N2OS/c1-14-10-11-18(23-2)16(13-14)20(24)22-17-9-6-12-21-19(17)15-7-4-3-5-8-15/h3-5,7-8,10-11,13,17,19-22,24H,6,9,12H2,1-2H3/t17-,19-,20?/m0/s1. The van der Waals surface area contributed by atoms with Crippen molar-refractivity contribution in [1.29, 1.82) is 0 Å². The summed E-state index contributed by atoms with van der Waals surface area (Å²) in [7, 11) is 1.71. The zero-order chi connectivity index (χ0) is 16.9. The second kappa shape index (κ2) is 8.06. The highest BCUT2D eigenvalue weighted by Crippen LogP contribution is 2.32. The van der Waals surface area contributed by atoms with Crippen LogP contribution in [0.2, 0.25) is 0 Å². The molecule has 1 aliphatic heterocycles. The van der Waals surface area contributed by atoms with E-state index >= 15 is 0 Å². The van der Waals surface area contributed by atoms with E-state index in [0.29, 0.717) is 12.1 Å². The lowest BCUT2D eigenvalue weighted by Gasteiger charge is -2.35. The van der Waals surface area contributed by atoms with Gasteiger partial charge in [0.1, 0.15) is 5.75 Å². The number of benzene rings is 2. The normalized spacial score (nSPS) is 22.1. The van der Waals surface area contributed by atoms with Gasteiger partial charge in [0.05, 0.1) is 12.5 Å². The summed E-state index contributed by atoms with van der Waals surface area (Å²) in [4.78, 5) is 0. The van der Waals surface area contributed by atoms with E-state index in [1.165, 1.54) is 17.5 Å². The van der Waals surface area contributed by atoms with Gasteiger partial charge >= 0.3 is 0 Å². The number of nitrogens with one attached hydrogen (secondary N) is 2. The van der Waals surface area contributed by atoms with Gasteiger partial charge in [-0.2, -0.15) is 12.6 Å². The van der Waals surface area contributed by atoms with Crippen molar-refractivity contribution in [2.75, 3.05) is 13.7 Å². The second-order valence-electron chi connectivity index (χ2n) is 6.41. The molecule has 24 heavy (non-hydrogen) atoms. The fourth-order valence-electron chi connectivity index (χ4n) is 3.44. The maximum Gasteiger partial charge on any atom is 0.124 e. The Morgan fingerprint density at radius 2 is 2.00 bits per heavy atom. The van der Waals surface area contributed by atoms with Crippen molar-refractivity contribution in [1.82, 2.24) is 10.6 Å². The van der Waals surface area contributed by atoms with E-state index in [0.717, 1.165) is 24.3 Å². The van der Waals surface area contributed by atoms with Gasteiger partial charge in [-0.1, -0.05) is 42.0 Å². The fourth-order valence-corrected chi connectivity index (χ4v) is 3.83. The van der Waals surface area contributed by atoms with Crippen molar-refractivity contribution in [2.24, 2.45) is 0 Å². The molecule has 3 rings (SSSR count). The van der Waals surface area contributed by atoms with Crippen LogP contribution in [-0.2, 0) is 0 Å². The van der Waals surface area contributed by atoms with Gasteiger partial charge in [-0.15, -0.1) is 0 Å². The Bertz CT molecular complexity index is 662. The second-order valence-corrected chi connectivity index (χ2v) is 6.92. The SMILES string of the molecule is COc1ccc(C)cc1C(S)N[C@H]1CCCN[C@H]1c1ccccc1. The quantitative estimate of drug-likeness (QED) is 0.567. The third kappa shape index (κ3) is 3.94. The van der Waals surface area contributed by atoms with Crippen LogP contribution in [0.25, 0.3) is 0 Å². The molecular weight excluding hydrogens is 316 g/mol. The Kier molecular flexibility index (Phi) is 5.82. The van der Waals surface area contributed by atoms with Crippen LogP contribution in [-0.4, -0.2) is 19.7 Å². The lowest BCUT2D eigenvalue weighted by molar-refractivity contribution is 0.301. The van der Waals surface area contributed by atoms with Crippen LogP contribution in [0.5, 0.6) is 5.75 Å². The maximum absolute atomic E-state index is 5.52. The molecule has 0 aliphatic carbocycles. The first-order chi connectivity index (χ1) is 11.7. The summed E-state index contributed by atoms with van der Waals surface area (Å²) >= 11 is 4.83. The Labute approximate surface area is 150 Å². The van der Waals surface area contributed by atoms with Crippen LogP contribution in [0, 0.1) is 6.92 Å². The first-order valence-electron chi connectivity index (χ1n) is 8.56. The Hall–Kier alpha value is -1.49. The monoisotopic (exact) mass is 342 g/mol. The van der Waals surface area contributed by atoms with Crippen LogP contribution in [0.4, 0.5) is 0 Å². The zero-order valence-electron chi connectivity index (χ0n) is 14.3. The van der Waals surface area contributed by atoms with Crippen LogP contribution in [0.1, 0.15) is 40.9 Å². The largest absolute Gasteiger partial charge is 0.496 e. The van der Waals surface area contributed by atoms with E-state index in [9.17, 15) is 0 Å². The van der Waals surface area contributed by atoms with Crippen LogP contribution in [0.3, 0.4) is 0 Å². The summed E-state index contributed by atoms with van der Waals surface area (Å²) in [5.74, 6) is 0.883. The third-order valence-corrected chi connectivity index (χ3v) is 5.10. The summed E-state index contributed by atoms with van der Waals surface area (Å²) in [6, 6.07) is 17.5. The van der Waals surface area contributed by atoms with Gasteiger partial charge in [0.2, 0.25) is 0 Å².